The number of thioether (sulfide) groups is 1. The first-order valence-corrected chi connectivity index (χ1v) is 21.2. The lowest BCUT2D eigenvalue weighted by Gasteiger charge is -2.25. The molecule has 3 aliphatic rings. The molecule has 0 spiro atoms. The van der Waals surface area contributed by atoms with Gasteiger partial charge in [0.15, 0.2) is 35.9 Å². The van der Waals surface area contributed by atoms with E-state index in [-0.39, 0.29) is 24.3 Å². The van der Waals surface area contributed by atoms with Crippen LogP contribution in [0.15, 0.2) is 35.0 Å². The molecule has 0 aliphatic carbocycles. The molecule has 2 fully saturated rings. The van der Waals surface area contributed by atoms with Crippen molar-refractivity contribution in [2.45, 2.75) is 73.6 Å². The van der Waals surface area contributed by atoms with Crippen LogP contribution in [0.2, 0.25) is 0 Å². The minimum absolute atomic E-state index is 0.0116. The topological polar surface area (TPSA) is 233 Å². The van der Waals surface area contributed by atoms with Crippen LogP contribution in [0.3, 0.4) is 0 Å². The average Bonchev–Trinajstić information content (AvgIpc) is 3.79. The predicted molar refractivity (Wildman–Crippen MR) is 182 cm³/mol. The summed E-state index contributed by atoms with van der Waals surface area (Å²) < 4.78 is 60.7. The lowest BCUT2D eigenvalue weighted by molar-refractivity contribution is -0.0531. The zero-order valence-electron chi connectivity index (χ0n) is 25.8. The van der Waals surface area contributed by atoms with Crippen LogP contribution in [0, 0.1) is 0 Å². The van der Waals surface area contributed by atoms with Gasteiger partial charge in [0, 0.05) is 19.3 Å². The first-order chi connectivity index (χ1) is 24.0. The molecule has 5 N–H and O–H groups in total. The van der Waals surface area contributed by atoms with Crippen LogP contribution in [0.25, 0.3) is 22.2 Å². The number of hydrogen-bond acceptors (Lipinski definition) is 16. The molecule has 18 nitrogen and oxygen atoms in total. The third kappa shape index (κ3) is 6.80. The molecule has 7 heterocycles. The number of alkyl halides is 1. The quantitative estimate of drug-likeness (QED) is 0.0768. The van der Waals surface area contributed by atoms with Crippen LogP contribution in [-0.2, 0) is 52.4 Å². The Balaban J connectivity index is 1.07. The fourth-order valence-corrected chi connectivity index (χ4v) is 9.50. The van der Waals surface area contributed by atoms with Crippen LogP contribution in [0.5, 0.6) is 0 Å². The number of imidazole rings is 1. The van der Waals surface area contributed by atoms with Crippen molar-refractivity contribution in [2.75, 3.05) is 25.5 Å². The first-order valence-electron chi connectivity index (χ1n) is 15.3. The summed E-state index contributed by atoms with van der Waals surface area (Å²) in [6.07, 6.45) is -3.97. The summed E-state index contributed by atoms with van der Waals surface area (Å²) in [5.74, 6) is 0.887. The van der Waals surface area contributed by atoms with Gasteiger partial charge in [0.25, 0.3) is 5.56 Å². The first kappa shape index (κ1) is 36.4. The highest BCUT2D eigenvalue weighted by Gasteiger charge is 2.52. The van der Waals surface area contributed by atoms with Gasteiger partial charge in [-0.2, -0.15) is 0 Å². The highest BCUT2D eigenvalue weighted by atomic mass is 32.7. The molecule has 3 aliphatic heterocycles. The highest BCUT2D eigenvalue weighted by molar-refractivity contribution is 8.39. The molecule has 0 bridgehead atoms. The molecule has 4 aromatic rings. The molecule has 0 aromatic carbocycles. The largest absolute Gasteiger partial charge is 0.582 e. The van der Waals surface area contributed by atoms with Crippen LogP contribution in [-0.4, -0.2) is 111 Å². The van der Waals surface area contributed by atoms with Gasteiger partial charge >= 0.3 is 13.9 Å². The van der Waals surface area contributed by atoms with E-state index in [0.717, 1.165) is 34.6 Å². The summed E-state index contributed by atoms with van der Waals surface area (Å²) in [4.78, 5) is 41.1. The number of aliphatic hydroxyl groups excluding tert-OH is 2. The molecule has 2 saturated heterocycles. The summed E-state index contributed by atoms with van der Waals surface area (Å²) >= 11 is 10.6. The molecule has 10 atom stereocenters. The Morgan fingerprint density at radius 1 is 1.16 bits per heavy atom. The Bertz CT molecular complexity index is 2020. The van der Waals surface area contributed by atoms with Crippen LogP contribution < -0.4 is 11.3 Å². The van der Waals surface area contributed by atoms with Gasteiger partial charge in [-0.05, 0) is 40.5 Å². The highest BCUT2D eigenvalue weighted by Crippen LogP contribution is 2.51. The molecule has 24 heteroatoms. The number of aliphatic hydroxyl groups is 2. The molecular formula is C26H32FN8O10P2S3+. The van der Waals surface area contributed by atoms with Crippen LogP contribution >= 0.6 is 38.0 Å². The van der Waals surface area contributed by atoms with Crippen molar-refractivity contribution in [3.63, 3.8) is 0 Å². The number of nitrogens with two attached hydrogens (primary N) is 1. The number of fused-ring (bicyclic) bond motifs is 1. The fraction of sp³-hybridized carbons (Fsp3) is 0.577. The summed E-state index contributed by atoms with van der Waals surface area (Å²) in [5, 5.41) is 22.8. The SMILES string of the molecule is NCCn1cnc2c(ncn2[C@@H]2O[C@H](COP(O)(=S)O[C@H]3[C@@H](F)[C@H](n4cc5c6c(ncnc64)SCCC5)O[C@@H]3CO)[C@@H](O)[C@H]2O[P+](=O)S)c1=O. The van der Waals surface area contributed by atoms with E-state index in [1.807, 2.05) is 0 Å². The molecule has 270 valence electrons. The molecule has 2 unspecified atom stereocenters. The van der Waals surface area contributed by atoms with Gasteiger partial charge in [-0.25, -0.2) is 24.3 Å². The lowest BCUT2D eigenvalue weighted by Crippen LogP contribution is -2.35. The van der Waals surface area contributed by atoms with Gasteiger partial charge in [-0.3, -0.25) is 18.5 Å². The Morgan fingerprint density at radius 3 is 2.72 bits per heavy atom. The van der Waals surface area contributed by atoms with Gasteiger partial charge in [-0.15, -0.1) is 16.3 Å². The van der Waals surface area contributed by atoms with Crippen LogP contribution in [0.4, 0.5) is 4.39 Å². The third-order valence-corrected chi connectivity index (χ3v) is 11.9. The smallest absolute Gasteiger partial charge is 0.394 e. The van der Waals surface area contributed by atoms with E-state index >= 15 is 4.39 Å². The van der Waals surface area contributed by atoms with E-state index in [2.05, 4.69) is 32.2 Å². The maximum Gasteiger partial charge on any atom is 0.582 e. The fourth-order valence-electron chi connectivity index (χ4n) is 6.33. The standard InChI is InChI=1S/C26H31FN8O10P2S3/c27-16-19(13(7-36)42-25(16)34-6-12-2-1-5-50-23-15(12)21(34)29-9-30-23)45-47(40,49)41-8-14-18(37)20(44-46(39)48)26(43-14)35-11-31-17-22(35)32-10-33(4-3-28)24(17)38/h6,9-11,13-14,16,18-20,25-26,36-37H,1-5,7-8,28H2,(H-,39,40,48,49)/p+1/t13-,14-,16-,18-,19-,20-,25-,26-,47?/m1/s1. The zero-order valence-corrected chi connectivity index (χ0v) is 30.1. The van der Waals surface area contributed by atoms with E-state index in [1.165, 1.54) is 32.7 Å². The maximum absolute atomic E-state index is 16.2. The van der Waals surface area contributed by atoms with E-state index in [0.29, 0.717) is 5.65 Å². The number of ether oxygens (including phenoxy) is 2. The van der Waals surface area contributed by atoms with Crippen LogP contribution in [0.1, 0.15) is 24.4 Å². The summed E-state index contributed by atoms with van der Waals surface area (Å²) in [6.45, 7) is -5.12. The lowest BCUT2D eigenvalue weighted by atomic mass is 10.1. The number of aryl methyl sites for hydroxylation is 1. The molecule has 0 amide bonds. The van der Waals surface area contributed by atoms with Gasteiger partial charge in [0.1, 0.15) is 60.0 Å². The second-order valence-electron chi connectivity index (χ2n) is 11.6. The normalized spacial score (nSPS) is 29.8. The predicted octanol–water partition coefficient (Wildman–Crippen LogP) is 1.11. The second-order valence-corrected chi connectivity index (χ2v) is 17.2. The van der Waals surface area contributed by atoms with E-state index in [9.17, 15) is 24.5 Å². The van der Waals surface area contributed by atoms with Gasteiger partial charge < -0.3 is 39.4 Å². The summed E-state index contributed by atoms with van der Waals surface area (Å²) in [7, 11) is -2.56. The number of nitrogens with zero attached hydrogens (tertiary/aromatic N) is 7. The number of thiol groups is 1. The van der Waals surface area contributed by atoms with Crippen molar-refractivity contribution in [1.82, 2.24) is 33.6 Å². The number of halogens is 1. The monoisotopic (exact) mass is 793 g/mol. The van der Waals surface area contributed by atoms with E-state index in [1.54, 1.807) is 18.0 Å². The Morgan fingerprint density at radius 2 is 1.96 bits per heavy atom. The van der Waals surface area contributed by atoms with E-state index < -0.39 is 81.9 Å². The maximum atomic E-state index is 16.2. The molecule has 4 aromatic heterocycles. The van der Waals surface area contributed by atoms with Gasteiger partial charge in [0.05, 0.1) is 24.9 Å². The van der Waals surface area contributed by atoms with Crippen molar-refractivity contribution in [3.8, 4) is 0 Å². The Labute approximate surface area is 297 Å². The summed E-state index contributed by atoms with van der Waals surface area (Å²) in [6, 6.07) is 0. The summed E-state index contributed by atoms with van der Waals surface area (Å²) in [5.41, 5.74) is 6.58. The molecule has 0 saturated carbocycles. The third-order valence-electron chi connectivity index (χ3n) is 8.58. The average molecular weight is 794 g/mol. The van der Waals surface area contributed by atoms with Gasteiger partial charge in [0.2, 0.25) is 0 Å². The minimum atomic E-state index is -4.29. The van der Waals surface area contributed by atoms with Crippen molar-refractivity contribution in [3.05, 3.63) is 41.1 Å². The van der Waals surface area contributed by atoms with Crippen molar-refractivity contribution >= 4 is 72.0 Å². The molecule has 7 rings (SSSR count). The molecule has 0 radical (unpaired) electrons. The molecule has 50 heavy (non-hydrogen) atoms. The van der Waals surface area contributed by atoms with Gasteiger partial charge in [-0.1, -0.05) is 0 Å². The second kappa shape index (κ2) is 14.8. The minimum Gasteiger partial charge on any atom is -0.394 e. The number of aromatic nitrogens is 7. The Kier molecular flexibility index (Phi) is 10.7. The van der Waals surface area contributed by atoms with E-state index in [4.69, 9.17) is 40.6 Å². The number of hydrogen-bond donors (Lipinski definition) is 5. The van der Waals surface area contributed by atoms with Crippen molar-refractivity contribution < 1.29 is 47.1 Å². The Hall–Kier alpha value is -2.01. The van der Waals surface area contributed by atoms with Crippen molar-refractivity contribution in [2.24, 2.45) is 5.73 Å². The van der Waals surface area contributed by atoms with Crippen molar-refractivity contribution in [1.29, 1.82) is 0 Å². The molecular weight excluding hydrogens is 761 g/mol. The number of rotatable bonds is 12. The zero-order chi connectivity index (χ0) is 35.3.